The van der Waals surface area contributed by atoms with Crippen molar-refractivity contribution in [3.63, 3.8) is 0 Å². The van der Waals surface area contributed by atoms with Crippen LogP contribution in [0.3, 0.4) is 0 Å². The van der Waals surface area contributed by atoms with Gasteiger partial charge in [-0.15, -0.1) is 0 Å². The molecule has 18 heavy (non-hydrogen) atoms. The van der Waals surface area contributed by atoms with Gasteiger partial charge < -0.3 is 5.11 Å². The standard InChI is InChI=1S/C15H27NO2/c1-15(2,3)12-6-4-5-7-13(12)16-9-8-11(10-16)14(17)18/h11-13H,4-10H2,1-3H3,(H,17,18). The summed E-state index contributed by atoms with van der Waals surface area (Å²) in [7, 11) is 0. The Morgan fingerprint density at radius 2 is 1.83 bits per heavy atom. The summed E-state index contributed by atoms with van der Waals surface area (Å²) in [6.07, 6.45) is 6.06. The SMILES string of the molecule is CC(C)(C)C1CCCCC1N1CCC(C(=O)O)C1. The minimum Gasteiger partial charge on any atom is -0.481 e. The van der Waals surface area contributed by atoms with E-state index in [0.717, 1.165) is 25.4 Å². The summed E-state index contributed by atoms with van der Waals surface area (Å²) in [5.74, 6) is -0.0213. The quantitative estimate of drug-likeness (QED) is 0.822. The molecule has 0 aromatic heterocycles. The Balaban J connectivity index is 2.04. The first-order valence-corrected chi connectivity index (χ1v) is 7.36. The number of hydrogen-bond donors (Lipinski definition) is 1. The summed E-state index contributed by atoms with van der Waals surface area (Å²) < 4.78 is 0. The molecule has 0 amide bonds. The summed E-state index contributed by atoms with van der Waals surface area (Å²) in [5.41, 5.74) is 0.340. The predicted octanol–water partition coefficient (Wildman–Crippen LogP) is 3.00. The smallest absolute Gasteiger partial charge is 0.307 e. The van der Waals surface area contributed by atoms with Crippen molar-refractivity contribution in [2.75, 3.05) is 13.1 Å². The number of nitrogens with zero attached hydrogens (tertiary/aromatic N) is 1. The Morgan fingerprint density at radius 1 is 1.17 bits per heavy atom. The summed E-state index contributed by atoms with van der Waals surface area (Å²) in [4.78, 5) is 13.5. The molecule has 2 fully saturated rings. The molecule has 3 unspecified atom stereocenters. The first kappa shape index (κ1) is 13.9. The average Bonchev–Trinajstić information content (AvgIpc) is 2.77. The van der Waals surface area contributed by atoms with E-state index in [4.69, 9.17) is 5.11 Å². The lowest BCUT2D eigenvalue weighted by Gasteiger charge is -2.44. The molecule has 3 atom stereocenters. The maximum atomic E-state index is 11.1. The average molecular weight is 253 g/mol. The van der Waals surface area contributed by atoms with Gasteiger partial charge in [0, 0.05) is 12.6 Å². The van der Waals surface area contributed by atoms with Crippen LogP contribution < -0.4 is 0 Å². The minimum atomic E-state index is -0.611. The Bertz CT molecular complexity index is 308. The number of carboxylic acid groups (broad SMARTS) is 1. The molecule has 0 radical (unpaired) electrons. The van der Waals surface area contributed by atoms with Crippen LogP contribution in [0.5, 0.6) is 0 Å². The van der Waals surface area contributed by atoms with Crippen LogP contribution >= 0.6 is 0 Å². The fourth-order valence-electron chi connectivity index (χ4n) is 3.85. The highest BCUT2D eigenvalue weighted by atomic mass is 16.4. The summed E-state index contributed by atoms with van der Waals surface area (Å²) >= 11 is 0. The van der Waals surface area contributed by atoms with E-state index >= 15 is 0 Å². The zero-order valence-electron chi connectivity index (χ0n) is 12.0. The molecular formula is C15H27NO2. The Morgan fingerprint density at radius 3 is 2.39 bits per heavy atom. The first-order valence-electron chi connectivity index (χ1n) is 7.36. The summed E-state index contributed by atoms with van der Waals surface area (Å²) in [6, 6.07) is 0.614. The van der Waals surface area contributed by atoms with Crippen LogP contribution in [0, 0.1) is 17.3 Å². The molecule has 1 saturated carbocycles. The molecule has 3 nitrogen and oxygen atoms in total. The van der Waals surface area contributed by atoms with Crippen LogP contribution in [0.15, 0.2) is 0 Å². The van der Waals surface area contributed by atoms with Crippen molar-refractivity contribution in [1.82, 2.24) is 4.90 Å². The normalized spacial score (nSPS) is 34.7. The van der Waals surface area contributed by atoms with Crippen molar-refractivity contribution in [3.05, 3.63) is 0 Å². The van der Waals surface area contributed by atoms with Crippen molar-refractivity contribution in [1.29, 1.82) is 0 Å². The zero-order valence-corrected chi connectivity index (χ0v) is 12.0. The van der Waals surface area contributed by atoms with Gasteiger partial charge in [-0.1, -0.05) is 33.6 Å². The molecule has 0 bridgehead atoms. The molecule has 1 N–H and O–H groups in total. The molecule has 1 aliphatic carbocycles. The molecule has 0 aromatic carbocycles. The molecule has 1 aliphatic heterocycles. The van der Waals surface area contributed by atoms with Crippen molar-refractivity contribution in [2.45, 2.75) is 58.9 Å². The van der Waals surface area contributed by atoms with E-state index in [0.29, 0.717) is 11.5 Å². The highest BCUT2D eigenvalue weighted by molar-refractivity contribution is 5.70. The van der Waals surface area contributed by atoms with Gasteiger partial charge in [-0.05, 0) is 37.1 Å². The molecule has 104 valence electrons. The number of carbonyl (C=O) groups is 1. The van der Waals surface area contributed by atoms with E-state index in [2.05, 4.69) is 25.7 Å². The van der Waals surface area contributed by atoms with E-state index in [1.165, 1.54) is 25.7 Å². The molecule has 0 aromatic rings. The summed E-state index contributed by atoms with van der Waals surface area (Å²) in [5, 5.41) is 9.13. The molecule has 3 heteroatoms. The molecule has 1 heterocycles. The van der Waals surface area contributed by atoms with E-state index < -0.39 is 5.97 Å². The lowest BCUT2D eigenvalue weighted by atomic mass is 9.69. The van der Waals surface area contributed by atoms with Gasteiger partial charge in [0.05, 0.1) is 5.92 Å². The highest BCUT2D eigenvalue weighted by Crippen LogP contribution is 2.41. The largest absolute Gasteiger partial charge is 0.481 e. The molecule has 1 saturated heterocycles. The monoisotopic (exact) mass is 253 g/mol. The third kappa shape index (κ3) is 2.87. The second-order valence-electron chi connectivity index (χ2n) is 7.14. The second kappa shape index (κ2) is 5.20. The Hall–Kier alpha value is -0.570. The summed E-state index contributed by atoms with van der Waals surface area (Å²) in [6.45, 7) is 8.75. The van der Waals surface area contributed by atoms with Crippen LogP contribution in [0.25, 0.3) is 0 Å². The van der Waals surface area contributed by atoms with Crippen molar-refractivity contribution < 1.29 is 9.90 Å². The van der Waals surface area contributed by atoms with Gasteiger partial charge in [0.1, 0.15) is 0 Å². The topological polar surface area (TPSA) is 40.5 Å². The fraction of sp³-hybridized carbons (Fsp3) is 0.933. The molecule has 2 rings (SSSR count). The lowest BCUT2D eigenvalue weighted by molar-refractivity contribution is -0.141. The number of carboxylic acids is 1. The van der Waals surface area contributed by atoms with Crippen LogP contribution in [0.1, 0.15) is 52.9 Å². The van der Waals surface area contributed by atoms with Gasteiger partial charge in [-0.25, -0.2) is 0 Å². The van der Waals surface area contributed by atoms with Crippen LogP contribution in [0.4, 0.5) is 0 Å². The highest BCUT2D eigenvalue weighted by Gasteiger charge is 2.40. The molecular weight excluding hydrogens is 226 g/mol. The Labute approximate surface area is 111 Å². The van der Waals surface area contributed by atoms with Gasteiger partial charge >= 0.3 is 5.97 Å². The van der Waals surface area contributed by atoms with E-state index in [9.17, 15) is 4.79 Å². The van der Waals surface area contributed by atoms with Gasteiger partial charge in [0.15, 0.2) is 0 Å². The van der Waals surface area contributed by atoms with Crippen LogP contribution in [-0.4, -0.2) is 35.1 Å². The Kier molecular flexibility index (Phi) is 4.00. The predicted molar refractivity (Wildman–Crippen MR) is 72.5 cm³/mol. The molecule has 2 aliphatic rings. The van der Waals surface area contributed by atoms with E-state index in [-0.39, 0.29) is 5.92 Å². The fourth-order valence-corrected chi connectivity index (χ4v) is 3.85. The van der Waals surface area contributed by atoms with Gasteiger partial charge in [-0.2, -0.15) is 0 Å². The van der Waals surface area contributed by atoms with Crippen molar-refractivity contribution in [2.24, 2.45) is 17.3 Å². The van der Waals surface area contributed by atoms with E-state index in [1.54, 1.807) is 0 Å². The third-order valence-corrected chi connectivity index (χ3v) is 4.88. The third-order valence-electron chi connectivity index (χ3n) is 4.88. The van der Waals surface area contributed by atoms with E-state index in [1.807, 2.05) is 0 Å². The number of likely N-dealkylation sites (tertiary alicyclic amines) is 1. The minimum absolute atomic E-state index is 0.132. The lowest BCUT2D eigenvalue weighted by Crippen LogP contribution is -2.46. The van der Waals surface area contributed by atoms with Crippen molar-refractivity contribution in [3.8, 4) is 0 Å². The van der Waals surface area contributed by atoms with Gasteiger partial charge in [0.2, 0.25) is 0 Å². The van der Waals surface area contributed by atoms with Crippen LogP contribution in [-0.2, 0) is 4.79 Å². The first-order chi connectivity index (χ1) is 8.39. The number of aliphatic carboxylic acids is 1. The van der Waals surface area contributed by atoms with Gasteiger partial charge in [-0.3, -0.25) is 9.69 Å². The number of hydrogen-bond acceptors (Lipinski definition) is 2. The van der Waals surface area contributed by atoms with Crippen molar-refractivity contribution >= 4 is 5.97 Å². The van der Waals surface area contributed by atoms with Crippen LogP contribution in [0.2, 0.25) is 0 Å². The zero-order chi connectivity index (χ0) is 13.3. The maximum Gasteiger partial charge on any atom is 0.307 e. The second-order valence-corrected chi connectivity index (χ2v) is 7.14. The number of rotatable bonds is 2. The van der Waals surface area contributed by atoms with Gasteiger partial charge in [0.25, 0.3) is 0 Å². The molecule has 0 spiro atoms. The maximum absolute atomic E-state index is 11.1.